The molecule has 0 saturated heterocycles. The predicted molar refractivity (Wildman–Crippen MR) is 182 cm³/mol. The van der Waals surface area contributed by atoms with E-state index in [4.69, 9.17) is 4.42 Å². The molecule has 7 aromatic carbocycles. The number of aryl methyl sites for hydroxylation is 1. The van der Waals surface area contributed by atoms with Crippen molar-refractivity contribution in [3.8, 4) is 33.4 Å². The first-order chi connectivity index (χ1) is 21.3. The summed E-state index contributed by atoms with van der Waals surface area (Å²) in [6.07, 6.45) is 6.70. The highest BCUT2D eigenvalue weighted by Gasteiger charge is 2.19. The van der Waals surface area contributed by atoms with Crippen LogP contribution in [0.1, 0.15) is 17.5 Å². The van der Waals surface area contributed by atoms with Gasteiger partial charge in [0.2, 0.25) is 0 Å². The summed E-state index contributed by atoms with van der Waals surface area (Å²) in [5.74, 6) is 0. The summed E-state index contributed by atoms with van der Waals surface area (Å²) in [4.78, 5) is 0. The van der Waals surface area contributed by atoms with Crippen molar-refractivity contribution in [3.05, 3.63) is 151 Å². The van der Waals surface area contributed by atoms with Crippen LogP contribution in [0.25, 0.3) is 82.9 Å². The molecule has 1 aliphatic rings. The molecule has 1 aliphatic carbocycles. The average molecular weight is 549 g/mol. The maximum absolute atomic E-state index is 6.38. The molecule has 1 heterocycles. The normalized spacial score (nSPS) is 12.8. The van der Waals surface area contributed by atoms with Crippen LogP contribution >= 0.6 is 0 Å². The minimum absolute atomic E-state index is 0.938. The van der Waals surface area contributed by atoms with Gasteiger partial charge in [-0.15, -0.1) is 0 Å². The Hall–Kier alpha value is -5.40. The maximum Gasteiger partial charge on any atom is 0.135 e. The summed E-state index contributed by atoms with van der Waals surface area (Å²) in [6, 6.07) is 48.7. The molecule has 0 aliphatic heterocycles. The van der Waals surface area contributed by atoms with Crippen molar-refractivity contribution >= 4 is 49.6 Å². The molecule has 1 aromatic heterocycles. The van der Waals surface area contributed by atoms with Gasteiger partial charge >= 0.3 is 0 Å². The number of benzene rings is 7. The Morgan fingerprint density at radius 2 is 1.02 bits per heavy atom. The van der Waals surface area contributed by atoms with Gasteiger partial charge in [-0.2, -0.15) is 0 Å². The molecule has 0 spiro atoms. The molecule has 8 aromatic rings. The topological polar surface area (TPSA) is 13.1 Å². The van der Waals surface area contributed by atoms with Crippen molar-refractivity contribution < 1.29 is 4.42 Å². The third kappa shape index (κ3) is 3.86. The van der Waals surface area contributed by atoms with Gasteiger partial charge in [0, 0.05) is 10.8 Å². The summed E-state index contributed by atoms with van der Waals surface area (Å²) in [5, 5.41) is 7.39. The van der Waals surface area contributed by atoms with E-state index in [0.29, 0.717) is 0 Å². The molecule has 0 amide bonds. The molecule has 1 heteroatoms. The Balaban J connectivity index is 1.31. The van der Waals surface area contributed by atoms with E-state index in [1.165, 1.54) is 76.8 Å². The van der Waals surface area contributed by atoms with Gasteiger partial charge in [0.25, 0.3) is 0 Å². The number of hydrogen-bond donors (Lipinski definition) is 0. The molecular weight excluding hydrogens is 520 g/mol. The summed E-state index contributed by atoms with van der Waals surface area (Å²) in [6.45, 7) is 0. The van der Waals surface area contributed by atoms with Crippen molar-refractivity contribution in [2.75, 3.05) is 0 Å². The molecule has 9 rings (SSSR count). The molecular formula is C42H28O. The SMILES string of the molecule is C1=Cc2cc3c(cc2CC1)oc1ccc(-c2c4ccccc4c(-c4cccc(-c5ccccc5)c4)c4ccccc24)cc13. The zero-order chi connectivity index (χ0) is 28.3. The second-order valence-electron chi connectivity index (χ2n) is 11.6. The number of hydrogen-bond acceptors (Lipinski definition) is 1. The van der Waals surface area contributed by atoms with E-state index < -0.39 is 0 Å². The number of allylic oxidation sites excluding steroid dienone is 1. The van der Waals surface area contributed by atoms with E-state index in [0.717, 1.165) is 24.0 Å². The second-order valence-corrected chi connectivity index (χ2v) is 11.6. The quantitative estimate of drug-likeness (QED) is 0.200. The van der Waals surface area contributed by atoms with Gasteiger partial charge in [-0.25, -0.2) is 0 Å². The largest absolute Gasteiger partial charge is 0.456 e. The molecule has 0 bridgehead atoms. The Morgan fingerprint density at radius 1 is 0.419 bits per heavy atom. The van der Waals surface area contributed by atoms with Crippen molar-refractivity contribution in [1.29, 1.82) is 0 Å². The van der Waals surface area contributed by atoms with E-state index in [2.05, 4.69) is 146 Å². The first kappa shape index (κ1) is 24.2. The van der Waals surface area contributed by atoms with Crippen molar-refractivity contribution in [2.24, 2.45) is 0 Å². The first-order valence-electron chi connectivity index (χ1n) is 15.1. The lowest BCUT2D eigenvalue weighted by atomic mass is 9.85. The number of fused-ring (bicyclic) bond motifs is 6. The van der Waals surface area contributed by atoms with E-state index in [1.807, 2.05) is 0 Å². The van der Waals surface area contributed by atoms with Crippen LogP contribution in [-0.4, -0.2) is 0 Å². The summed E-state index contributed by atoms with van der Waals surface area (Å²) >= 11 is 0. The maximum atomic E-state index is 6.38. The number of rotatable bonds is 3. The van der Waals surface area contributed by atoms with Crippen LogP contribution in [0.15, 0.2) is 144 Å². The van der Waals surface area contributed by atoms with E-state index >= 15 is 0 Å². The van der Waals surface area contributed by atoms with Gasteiger partial charge in [0.1, 0.15) is 11.2 Å². The van der Waals surface area contributed by atoms with Crippen LogP contribution in [0, 0.1) is 0 Å². The first-order valence-corrected chi connectivity index (χ1v) is 15.1. The number of furan rings is 1. The van der Waals surface area contributed by atoms with Gasteiger partial charge in [-0.05, 0) is 109 Å². The third-order valence-corrected chi connectivity index (χ3v) is 9.09. The smallest absolute Gasteiger partial charge is 0.135 e. The van der Waals surface area contributed by atoms with E-state index in [1.54, 1.807) is 0 Å². The van der Waals surface area contributed by atoms with Crippen molar-refractivity contribution in [2.45, 2.75) is 12.8 Å². The second kappa shape index (κ2) is 9.58. The van der Waals surface area contributed by atoms with Gasteiger partial charge in [0.05, 0.1) is 0 Å². The highest BCUT2D eigenvalue weighted by atomic mass is 16.3. The third-order valence-electron chi connectivity index (χ3n) is 9.09. The molecule has 0 atom stereocenters. The minimum Gasteiger partial charge on any atom is -0.456 e. The summed E-state index contributed by atoms with van der Waals surface area (Å²) in [7, 11) is 0. The fourth-order valence-corrected chi connectivity index (χ4v) is 7.09. The van der Waals surface area contributed by atoms with Crippen LogP contribution in [0.5, 0.6) is 0 Å². The summed E-state index contributed by atoms with van der Waals surface area (Å²) in [5.41, 5.74) is 12.0. The monoisotopic (exact) mass is 548 g/mol. The zero-order valence-electron chi connectivity index (χ0n) is 23.7. The van der Waals surface area contributed by atoms with Crippen LogP contribution in [0.2, 0.25) is 0 Å². The standard InChI is InChI=1S/C42H28O/c1-2-11-27(12-3-1)28-15-10-16-31(23-28)41-33-17-6-8-19-35(33)42(36-20-9-7-18-34(36)41)32-21-22-39-37(25-32)38-24-29-13-4-5-14-30(29)26-40(38)43-39/h1-4,6-13,15-26H,5,14H2. The fraction of sp³-hybridized carbons (Fsp3) is 0.0476. The zero-order valence-corrected chi connectivity index (χ0v) is 23.7. The Bertz CT molecular complexity index is 2330. The molecule has 0 N–H and O–H groups in total. The minimum atomic E-state index is 0.938. The van der Waals surface area contributed by atoms with Gasteiger partial charge < -0.3 is 4.42 Å². The molecule has 0 saturated carbocycles. The molecule has 1 nitrogen and oxygen atoms in total. The van der Waals surface area contributed by atoms with Crippen LogP contribution in [-0.2, 0) is 6.42 Å². The Labute approximate surface area is 250 Å². The Kier molecular flexibility index (Phi) is 5.39. The molecule has 202 valence electrons. The van der Waals surface area contributed by atoms with Gasteiger partial charge in [-0.3, -0.25) is 0 Å². The average Bonchev–Trinajstić information content (AvgIpc) is 3.43. The van der Waals surface area contributed by atoms with Gasteiger partial charge in [0.15, 0.2) is 0 Å². The predicted octanol–water partition coefficient (Wildman–Crippen LogP) is 11.9. The summed E-state index contributed by atoms with van der Waals surface area (Å²) < 4.78 is 6.38. The Morgan fingerprint density at radius 3 is 1.74 bits per heavy atom. The van der Waals surface area contributed by atoms with Gasteiger partial charge in [-0.1, -0.05) is 115 Å². The lowest BCUT2D eigenvalue weighted by molar-refractivity contribution is 0.668. The molecule has 0 radical (unpaired) electrons. The van der Waals surface area contributed by atoms with Crippen molar-refractivity contribution in [1.82, 2.24) is 0 Å². The fourth-order valence-electron chi connectivity index (χ4n) is 7.09. The van der Waals surface area contributed by atoms with Crippen LogP contribution in [0.4, 0.5) is 0 Å². The lowest BCUT2D eigenvalue weighted by Gasteiger charge is -2.18. The van der Waals surface area contributed by atoms with Crippen LogP contribution in [0.3, 0.4) is 0 Å². The van der Waals surface area contributed by atoms with E-state index in [9.17, 15) is 0 Å². The van der Waals surface area contributed by atoms with Crippen LogP contribution < -0.4 is 0 Å². The molecule has 0 fully saturated rings. The van der Waals surface area contributed by atoms with Crippen molar-refractivity contribution in [3.63, 3.8) is 0 Å². The highest BCUT2D eigenvalue weighted by molar-refractivity contribution is 6.22. The highest BCUT2D eigenvalue weighted by Crippen LogP contribution is 2.45. The molecule has 0 unspecified atom stereocenters. The lowest BCUT2D eigenvalue weighted by Crippen LogP contribution is -1.93. The molecule has 43 heavy (non-hydrogen) atoms. The van der Waals surface area contributed by atoms with E-state index in [-0.39, 0.29) is 0 Å².